The highest BCUT2D eigenvalue weighted by molar-refractivity contribution is 5.82. The van der Waals surface area contributed by atoms with E-state index in [0.717, 1.165) is 42.8 Å². The van der Waals surface area contributed by atoms with E-state index in [1.165, 1.54) is 0 Å². The Bertz CT molecular complexity index is 1850. The Balaban J connectivity index is 1.56. The minimum atomic E-state index is -5.19. The first kappa shape index (κ1) is 38.0. The fourth-order valence-corrected chi connectivity index (χ4v) is 7.13. The summed E-state index contributed by atoms with van der Waals surface area (Å²) in [6.07, 6.45) is -8.12. The number of benzene rings is 2. The lowest BCUT2D eigenvalue weighted by Gasteiger charge is -2.40. The molecule has 2 N–H and O–H groups in total. The van der Waals surface area contributed by atoms with E-state index in [1.807, 2.05) is 4.90 Å². The monoisotopic (exact) mass is 723 g/mol. The lowest BCUT2D eigenvalue weighted by atomic mass is 9.90. The van der Waals surface area contributed by atoms with Crippen molar-refractivity contribution in [3.8, 4) is 11.1 Å². The molecule has 14 heteroatoms. The van der Waals surface area contributed by atoms with Crippen molar-refractivity contribution in [3.05, 3.63) is 92.1 Å². The number of nitrogens with zero attached hydrogens (tertiary/aromatic N) is 2. The summed E-state index contributed by atoms with van der Waals surface area (Å²) in [6, 6.07) is 3.75. The highest BCUT2D eigenvalue weighted by Crippen LogP contribution is 2.52. The number of nitrogens with one attached hydrogen (secondary N) is 1. The van der Waals surface area contributed by atoms with Crippen LogP contribution in [0.4, 0.5) is 30.7 Å². The third kappa shape index (κ3) is 8.48. The van der Waals surface area contributed by atoms with Crippen molar-refractivity contribution in [1.82, 2.24) is 14.8 Å². The zero-order chi connectivity index (χ0) is 37.6. The van der Waals surface area contributed by atoms with Crippen LogP contribution in [0.15, 0.2) is 47.4 Å². The van der Waals surface area contributed by atoms with Crippen molar-refractivity contribution in [2.75, 3.05) is 19.6 Å². The molecule has 276 valence electrons. The fourth-order valence-electron chi connectivity index (χ4n) is 7.13. The molecule has 51 heavy (non-hydrogen) atoms. The third-order valence-electron chi connectivity index (χ3n) is 9.82. The summed E-state index contributed by atoms with van der Waals surface area (Å²) in [5.74, 6) is -4.74. The maximum Gasteiger partial charge on any atom is 0.419 e. The first-order valence-electron chi connectivity index (χ1n) is 16.7. The molecule has 2 aromatic carbocycles. The first-order valence-corrected chi connectivity index (χ1v) is 16.7. The molecule has 1 unspecified atom stereocenters. The van der Waals surface area contributed by atoms with E-state index in [4.69, 9.17) is 0 Å². The highest BCUT2D eigenvalue weighted by Gasteiger charge is 2.51. The minimum Gasteiger partial charge on any atom is -0.481 e. The van der Waals surface area contributed by atoms with Crippen LogP contribution >= 0.6 is 0 Å². The van der Waals surface area contributed by atoms with Gasteiger partial charge in [0.2, 0.25) is 5.91 Å². The molecular weight excluding hydrogens is 683 g/mol. The molecule has 2 atom stereocenters. The van der Waals surface area contributed by atoms with E-state index in [2.05, 4.69) is 5.32 Å². The maximum atomic E-state index is 15.8. The normalized spacial score (nSPS) is 16.9. The third-order valence-corrected chi connectivity index (χ3v) is 9.82. The van der Waals surface area contributed by atoms with Gasteiger partial charge < -0.3 is 19.9 Å². The molecular formula is C37H40F7N3O4. The summed E-state index contributed by atoms with van der Waals surface area (Å²) < 4.78 is 102. The second-order valence-electron chi connectivity index (χ2n) is 14.4. The predicted molar refractivity (Wildman–Crippen MR) is 175 cm³/mol. The predicted octanol–water partition coefficient (Wildman–Crippen LogP) is 7.87. The number of hydrogen-bond acceptors (Lipinski definition) is 4. The molecule has 1 aromatic heterocycles. The second-order valence-corrected chi connectivity index (χ2v) is 14.4. The number of rotatable bonds is 12. The van der Waals surface area contributed by atoms with Gasteiger partial charge in [-0.25, -0.2) is 4.39 Å². The van der Waals surface area contributed by atoms with Crippen LogP contribution in [0, 0.1) is 31.0 Å². The summed E-state index contributed by atoms with van der Waals surface area (Å²) in [5, 5.41) is 12.1. The molecule has 5 rings (SSSR count). The molecule has 3 aromatic rings. The maximum absolute atomic E-state index is 15.8. The molecule has 2 aliphatic rings. The summed E-state index contributed by atoms with van der Waals surface area (Å²) in [4.78, 5) is 41.3. The molecule has 0 radical (unpaired) electrons. The van der Waals surface area contributed by atoms with E-state index in [9.17, 15) is 45.8 Å². The lowest BCUT2D eigenvalue weighted by molar-refractivity contribution is -0.140. The SMILES string of the molecule is Cc1cccc(C)c1-c1cc([C@H](CC(=O)O)NC(=O)C(CC(C)C)n2cc(CCN3CC4(CC4)C3)c(C(F)(F)F)cc2=O)c(F)c(C(F)(F)F)c1. The quantitative estimate of drug-likeness (QED) is 0.186. The summed E-state index contributed by atoms with van der Waals surface area (Å²) >= 11 is 0. The number of aliphatic carboxylic acids is 1. The second kappa shape index (κ2) is 14.1. The molecule has 0 bridgehead atoms. The number of carbonyl (C=O) groups excluding carboxylic acids is 1. The Morgan fingerprint density at radius 1 is 0.961 bits per heavy atom. The van der Waals surface area contributed by atoms with E-state index in [-0.39, 0.29) is 35.3 Å². The number of carbonyl (C=O) groups is 2. The summed E-state index contributed by atoms with van der Waals surface area (Å²) in [7, 11) is 0. The number of amides is 1. The number of hydrogen-bond donors (Lipinski definition) is 2. The molecule has 1 amide bonds. The summed E-state index contributed by atoms with van der Waals surface area (Å²) in [6.45, 7) is 8.51. The molecule has 7 nitrogen and oxygen atoms in total. The van der Waals surface area contributed by atoms with Crippen molar-refractivity contribution >= 4 is 11.9 Å². The van der Waals surface area contributed by atoms with Gasteiger partial charge >= 0.3 is 18.3 Å². The number of carboxylic acids is 1. The average Bonchev–Trinajstić information content (AvgIpc) is 3.79. The number of aryl methyl sites for hydroxylation is 2. The van der Waals surface area contributed by atoms with Gasteiger partial charge in [-0.3, -0.25) is 14.4 Å². The smallest absolute Gasteiger partial charge is 0.419 e. The Hall–Kier alpha value is -4.20. The molecule has 2 fully saturated rings. The standard InChI is InChI=1S/C37H40F7N3O4/c1-20(2)12-29(47-17-23(26(15-30(47)48)36(39,40)41)8-11-46-18-35(19-46)9-10-35)34(51)45-28(16-31(49)50)25-13-24(14-27(33(25)38)37(42,43)44)32-21(3)6-5-7-22(32)4/h5-7,13-15,17,20,28-29H,8-12,16,18-19H2,1-4H3,(H,45,51)(H,49,50)/t28-,29?/m0/s1. The number of carboxylic acid groups (broad SMARTS) is 1. The van der Waals surface area contributed by atoms with Crippen molar-refractivity contribution in [2.24, 2.45) is 11.3 Å². The van der Waals surface area contributed by atoms with Gasteiger partial charge in [0, 0.05) is 37.5 Å². The van der Waals surface area contributed by atoms with E-state index in [1.54, 1.807) is 45.9 Å². The Kier molecular flexibility index (Phi) is 10.5. The zero-order valence-electron chi connectivity index (χ0n) is 28.6. The Morgan fingerprint density at radius 2 is 1.57 bits per heavy atom. The Labute approximate surface area is 290 Å². The topological polar surface area (TPSA) is 91.6 Å². The number of aromatic nitrogens is 1. The van der Waals surface area contributed by atoms with Crippen LogP contribution in [0.3, 0.4) is 0 Å². The number of alkyl halides is 6. The van der Waals surface area contributed by atoms with Gasteiger partial charge in [-0.15, -0.1) is 0 Å². The van der Waals surface area contributed by atoms with Gasteiger partial charge in [0.1, 0.15) is 11.9 Å². The van der Waals surface area contributed by atoms with Crippen LogP contribution in [0.2, 0.25) is 0 Å². The van der Waals surface area contributed by atoms with E-state index in [0.29, 0.717) is 35.4 Å². The molecule has 1 saturated heterocycles. The highest BCUT2D eigenvalue weighted by atomic mass is 19.4. The average molecular weight is 724 g/mol. The van der Waals surface area contributed by atoms with Crippen LogP contribution in [0.25, 0.3) is 11.1 Å². The van der Waals surface area contributed by atoms with Gasteiger partial charge in [-0.2, -0.15) is 26.3 Å². The van der Waals surface area contributed by atoms with Gasteiger partial charge in [0.15, 0.2) is 0 Å². The molecule has 1 aliphatic carbocycles. The Morgan fingerprint density at radius 3 is 2.10 bits per heavy atom. The van der Waals surface area contributed by atoms with E-state index >= 15 is 4.39 Å². The van der Waals surface area contributed by atoms with Crippen molar-refractivity contribution in [1.29, 1.82) is 0 Å². The van der Waals surface area contributed by atoms with Crippen LogP contribution in [-0.4, -0.2) is 46.1 Å². The van der Waals surface area contributed by atoms with Crippen LogP contribution in [0.1, 0.15) is 85.0 Å². The van der Waals surface area contributed by atoms with Gasteiger partial charge in [-0.1, -0.05) is 32.0 Å². The van der Waals surface area contributed by atoms with Crippen LogP contribution < -0.4 is 10.9 Å². The number of halogens is 7. The van der Waals surface area contributed by atoms with Crippen LogP contribution in [-0.2, 0) is 28.4 Å². The first-order chi connectivity index (χ1) is 23.7. The number of pyridine rings is 1. The van der Waals surface area contributed by atoms with Gasteiger partial charge in [0.25, 0.3) is 5.56 Å². The minimum absolute atomic E-state index is 0.0592. The molecule has 1 aliphatic heterocycles. The van der Waals surface area contributed by atoms with Crippen molar-refractivity contribution < 1.29 is 45.4 Å². The van der Waals surface area contributed by atoms with Crippen molar-refractivity contribution in [3.63, 3.8) is 0 Å². The molecule has 2 heterocycles. The van der Waals surface area contributed by atoms with E-state index < -0.39 is 70.8 Å². The van der Waals surface area contributed by atoms with Gasteiger partial charge in [0.05, 0.1) is 23.6 Å². The number of likely N-dealkylation sites (tertiary alicyclic amines) is 1. The zero-order valence-corrected chi connectivity index (χ0v) is 28.6. The largest absolute Gasteiger partial charge is 0.481 e. The molecule has 1 spiro atoms. The summed E-state index contributed by atoms with van der Waals surface area (Å²) in [5.41, 5.74) is -3.22. The molecule has 1 saturated carbocycles. The van der Waals surface area contributed by atoms with Crippen LogP contribution in [0.5, 0.6) is 0 Å². The van der Waals surface area contributed by atoms with Crippen molar-refractivity contribution in [2.45, 2.75) is 84.2 Å². The lowest BCUT2D eigenvalue weighted by Crippen LogP contribution is -2.49. The fraction of sp³-hybridized carbons (Fsp3) is 0.486. The van der Waals surface area contributed by atoms with Gasteiger partial charge in [-0.05, 0) is 90.8 Å².